The molecule has 0 radical (unpaired) electrons. The van der Waals surface area contributed by atoms with Crippen molar-refractivity contribution in [3.8, 4) is 0 Å². The molecule has 0 aromatic carbocycles. The van der Waals surface area contributed by atoms with Crippen LogP contribution in [0.3, 0.4) is 0 Å². The molecule has 0 fully saturated rings. The fourth-order valence-electron chi connectivity index (χ4n) is 2.99. The fourth-order valence-corrected chi connectivity index (χ4v) is 3.84. The zero-order valence-corrected chi connectivity index (χ0v) is 28.2. The molecule has 0 saturated carbocycles. The maximum atomic E-state index is 12.2. The Morgan fingerprint density at radius 1 is 0.583 bits per heavy atom. The molecule has 0 heterocycles. The highest BCUT2D eigenvalue weighted by atomic mass is 31.2. The van der Waals surface area contributed by atoms with Crippen LogP contribution in [0, 0.1) is 0 Å². The second kappa shape index (κ2) is 22.7. The van der Waals surface area contributed by atoms with Gasteiger partial charge in [-0.2, -0.15) is 0 Å². The minimum absolute atomic E-state index is 0.0514. The fraction of sp³-hybridized carbons (Fsp3) is 0.615. The molecule has 0 saturated heterocycles. The number of ether oxygens (including phenoxy) is 6. The molecule has 2 amide bonds. The third kappa shape index (κ3) is 25.3. The van der Waals surface area contributed by atoms with Crippen molar-refractivity contribution in [3.05, 3.63) is 24.3 Å². The quantitative estimate of drug-likeness (QED) is 0.0273. The first-order chi connectivity index (χ1) is 22.2. The molecule has 0 aliphatic carbocycles. The Hall–Kier alpha value is -3.80. The lowest BCUT2D eigenvalue weighted by Gasteiger charge is -2.18. The van der Waals surface area contributed by atoms with E-state index < -0.39 is 102 Å². The average Bonchev–Trinajstić information content (AvgIpc) is 2.94. The van der Waals surface area contributed by atoms with E-state index in [1.165, 1.54) is 13.8 Å². The summed E-state index contributed by atoms with van der Waals surface area (Å²) in [5.74, 6) is -4.12. The van der Waals surface area contributed by atoms with Crippen LogP contribution in [-0.2, 0) is 56.7 Å². The van der Waals surface area contributed by atoms with Gasteiger partial charge in [0.05, 0.1) is 0 Å². The first kappa shape index (κ1) is 44.2. The predicted octanol–water partition coefficient (Wildman–Crippen LogP) is 0.417. The Labute approximate surface area is 275 Å². The highest BCUT2D eigenvalue weighted by Crippen LogP contribution is 2.34. The van der Waals surface area contributed by atoms with Crippen molar-refractivity contribution < 1.29 is 85.9 Å². The molecule has 2 atom stereocenters. The van der Waals surface area contributed by atoms with Gasteiger partial charge in [-0.05, 0) is 26.7 Å². The summed E-state index contributed by atoms with van der Waals surface area (Å²) in [6.07, 6.45) is -4.72. The summed E-state index contributed by atoms with van der Waals surface area (Å²) in [4.78, 5) is 106. The maximum Gasteiger partial charge on any atom is 0.407 e. The summed E-state index contributed by atoms with van der Waals surface area (Å²) in [6.45, 7) is 7.49. The van der Waals surface area contributed by atoms with Gasteiger partial charge in [0.2, 0.25) is 0 Å². The molecule has 6 N–H and O–H groups in total. The van der Waals surface area contributed by atoms with Gasteiger partial charge in [-0.25, -0.2) is 19.2 Å². The molecule has 0 aromatic heterocycles. The number of carbonyl (C=O) groups is 6. The van der Waals surface area contributed by atoms with Gasteiger partial charge in [0, 0.05) is 24.2 Å². The normalized spacial score (nSPS) is 12.4. The van der Waals surface area contributed by atoms with Crippen LogP contribution in [0.2, 0.25) is 0 Å². The molecule has 0 aliphatic rings. The van der Waals surface area contributed by atoms with Crippen LogP contribution in [0.25, 0.3) is 0 Å². The number of hydrogen-bond donors (Lipinski definition) is 6. The number of unbranched alkanes of at least 4 members (excludes halogenated alkanes) is 3. The lowest BCUT2D eigenvalue weighted by Crippen LogP contribution is -2.36. The molecule has 0 aliphatic heterocycles. The van der Waals surface area contributed by atoms with Gasteiger partial charge >= 0.3 is 51.3 Å². The van der Waals surface area contributed by atoms with E-state index >= 15 is 0 Å². The third-order valence-electron chi connectivity index (χ3n) is 5.22. The number of nitrogens with one attached hydrogen (secondary N) is 2. The van der Waals surface area contributed by atoms with Crippen LogP contribution in [-0.4, -0.2) is 120 Å². The Kier molecular flexibility index (Phi) is 20.9. The van der Waals surface area contributed by atoms with Crippen molar-refractivity contribution in [1.82, 2.24) is 10.6 Å². The van der Waals surface area contributed by atoms with E-state index in [1.807, 2.05) is 0 Å². The van der Waals surface area contributed by atoms with E-state index in [0.29, 0.717) is 25.7 Å². The topological polar surface area (TPSA) is 297 Å². The van der Waals surface area contributed by atoms with Crippen LogP contribution >= 0.6 is 15.2 Å². The van der Waals surface area contributed by atoms with E-state index in [4.69, 9.17) is 48.0 Å². The molecule has 2 unspecified atom stereocenters. The summed E-state index contributed by atoms with van der Waals surface area (Å²) in [7, 11) is -9.37. The van der Waals surface area contributed by atoms with Crippen molar-refractivity contribution in [2.24, 2.45) is 0 Å². The molecular weight excluding hydrogens is 690 g/mol. The van der Waals surface area contributed by atoms with Crippen molar-refractivity contribution in [2.75, 3.05) is 51.8 Å². The van der Waals surface area contributed by atoms with Gasteiger partial charge in [0.25, 0.3) is 0 Å². The minimum atomic E-state index is -4.68. The summed E-state index contributed by atoms with van der Waals surface area (Å²) in [5.41, 5.74) is 0.103. The monoisotopic (exact) mass is 732 g/mol. The maximum absolute atomic E-state index is 12.2. The molecule has 0 rings (SSSR count). The van der Waals surface area contributed by atoms with Crippen LogP contribution in [0.1, 0.15) is 39.5 Å². The SMILES string of the molecule is C=C(C)C(=O)OCC(COC(=O)CP(=O)(O)O)OC(=O)NCCCCCCNC(=O)OC(COC(=O)CP(=O)(O)O)COC(=O)C(=C)C. The van der Waals surface area contributed by atoms with Gasteiger partial charge in [-0.3, -0.25) is 18.7 Å². The number of esters is 4. The summed E-state index contributed by atoms with van der Waals surface area (Å²) in [5, 5.41) is 4.89. The number of rotatable bonds is 23. The highest BCUT2D eigenvalue weighted by molar-refractivity contribution is 7.53. The van der Waals surface area contributed by atoms with Gasteiger partial charge in [0.1, 0.15) is 38.8 Å². The van der Waals surface area contributed by atoms with Gasteiger partial charge in [-0.1, -0.05) is 26.0 Å². The molecular formula is C26H42N2O18P2. The van der Waals surface area contributed by atoms with E-state index in [2.05, 4.69) is 23.8 Å². The first-order valence-electron chi connectivity index (χ1n) is 14.1. The van der Waals surface area contributed by atoms with Crippen LogP contribution in [0.4, 0.5) is 9.59 Å². The number of carbonyl (C=O) groups excluding carboxylic acids is 6. The minimum Gasteiger partial charge on any atom is -0.461 e. The Bertz CT molecular complexity index is 1150. The first-order valence-corrected chi connectivity index (χ1v) is 17.7. The Morgan fingerprint density at radius 2 is 0.896 bits per heavy atom. The standard InChI is InChI=1S/C26H42N2O18P2/c1-17(2)23(31)43-13-19(11-41-21(29)15-47(35,36)37)45-25(33)27-9-7-5-6-8-10-28-26(34)46-20(14-44-24(32)18(3)4)12-42-22(30)16-48(38,39)40/h19-20H,1,3,5-16H2,2,4H3,(H,27,33)(H,28,34)(H2,35,36,37)(H2,38,39,40). The second-order valence-electron chi connectivity index (χ2n) is 10.1. The largest absolute Gasteiger partial charge is 0.461 e. The average molecular weight is 733 g/mol. The van der Waals surface area contributed by atoms with E-state index in [9.17, 15) is 37.9 Å². The second-order valence-corrected chi connectivity index (χ2v) is 13.4. The predicted molar refractivity (Wildman–Crippen MR) is 162 cm³/mol. The van der Waals surface area contributed by atoms with Crippen molar-refractivity contribution in [2.45, 2.75) is 51.7 Å². The van der Waals surface area contributed by atoms with Crippen molar-refractivity contribution >= 4 is 51.3 Å². The Morgan fingerprint density at radius 3 is 1.19 bits per heavy atom. The van der Waals surface area contributed by atoms with Crippen LogP contribution in [0.5, 0.6) is 0 Å². The molecule has 48 heavy (non-hydrogen) atoms. The lowest BCUT2D eigenvalue weighted by molar-refractivity contribution is -0.150. The van der Waals surface area contributed by atoms with E-state index in [1.54, 1.807) is 0 Å². The Balaban J connectivity index is 4.55. The zero-order valence-electron chi connectivity index (χ0n) is 26.5. The number of alkyl carbamates (subject to hydrolysis) is 2. The number of hydrogen-bond acceptors (Lipinski definition) is 14. The van der Waals surface area contributed by atoms with Gasteiger partial charge in [-0.15, -0.1) is 0 Å². The lowest BCUT2D eigenvalue weighted by atomic mass is 10.2. The highest BCUT2D eigenvalue weighted by Gasteiger charge is 2.25. The molecule has 20 nitrogen and oxygen atoms in total. The summed E-state index contributed by atoms with van der Waals surface area (Å²) in [6, 6.07) is 0. The number of amides is 2. The van der Waals surface area contributed by atoms with Crippen molar-refractivity contribution in [3.63, 3.8) is 0 Å². The molecule has 22 heteroatoms. The van der Waals surface area contributed by atoms with Gasteiger partial charge in [0.15, 0.2) is 12.2 Å². The van der Waals surface area contributed by atoms with Crippen molar-refractivity contribution in [1.29, 1.82) is 0 Å². The molecule has 0 aromatic rings. The van der Waals surface area contributed by atoms with Gasteiger partial charge < -0.3 is 58.6 Å². The summed E-state index contributed by atoms with van der Waals surface area (Å²) >= 11 is 0. The molecule has 0 spiro atoms. The zero-order chi connectivity index (χ0) is 36.9. The molecule has 274 valence electrons. The molecule has 0 bridgehead atoms. The van der Waals surface area contributed by atoms with Crippen LogP contribution in [0.15, 0.2) is 24.3 Å². The van der Waals surface area contributed by atoms with E-state index in [0.717, 1.165) is 0 Å². The smallest absolute Gasteiger partial charge is 0.407 e. The summed E-state index contributed by atoms with van der Waals surface area (Å²) < 4.78 is 51.2. The third-order valence-corrected chi connectivity index (χ3v) is 6.56. The van der Waals surface area contributed by atoms with E-state index in [-0.39, 0.29) is 24.2 Å². The van der Waals surface area contributed by atoms with Crippen LogP contribution < -0.4 is 10.6 Å².